The van der Waals surface area contributed by atoms with Crippen LogP contribution in [0.15, 0.2) is 60.7 Å². The van der Waals surface area contributed by atoms with Crippen LogP contribution >= 0.6 is 0 Å². The molecule has 6 aromatic rings. The van der Waals surface area contributed by atoms with Gasteiger partial charge >= 0.3 is 0 Å². The van der Waals surface area contributed by atoms with Gasteiger partial charge in [0.2, 0.25) is 0 Å². The molecular formula is C25H10F4N2. The van der Waals surface area contributed by atoms with Crippen molar-refractivity contribution in [1.29, 1.82) is 5.26 Å². The largest absolute Gasteiger partial charge is 0.308 e. The lowest BCUT2D eigenvalue weighted by atomic mass is 9.99. The molecule has 31 heavy (non-hydrogen) atoms. The molecule has 0 unspecified atom stereocenters. The highest BCUT2D eigenvalue weighted by Gasteiger charge is 2.27. The van der Waals surface area contributed by atoms with Gasteiger partial charge in [-0.3, -0.25) is 0 Å². The summed E-state index contributed by atoms with van der Waals surface area (Å²) >= 11 is 0. The lowest BCUT2D eigenvalue weighted by Gasteiger charge is -2.09. The summed E-state index contributed by atoms with van der Waals surface area (Å²) in [5, 5.41) is 12.7. The second-order valence-electron chi connectivity index (χ2n) is 7.40. The lowest BCUT2D eigenvalue weighted by Crippen LogP contribution is -2.03. The summed E-state index contributed by atoms with van der Waals surface area (Å²) in [4.78, 5) is 0. The molecule has 6 heteroatoms. The number of hydrogen-bond acceptors (Lipinski definition) is 1. The van der Waals surface area contributed by atoms with Gasteiger partial charge in [-0.25, -0.2) is 17.6 Å². The van der Waals surface area contributed by atoms with Gasteiger partial charge in [0, 0.05) is 21.5 Å². The van der Waals surface area contributed by atoms with E-state index in [0.29, 0.717) is 5.52 Å². The van der Waals surface area contributed by atoms with E-state index in [-0.39, 0.29) is 5.56 Å². The Morgan fingerprint density at radius 1 is 0.645 bits per heavy atom. The fraction of sp³-hybridized carbons (Fsp3) is 0. The molecule has 2 heterocycles. The molecule has 0 saturated heterocycles. The van der Waals surface area contributed by atoms with Gasteiger partial charge in [-0.05, 0) is 17.7 Å². The fourth-order valence-electron chi connectivity index (χ4n) is 4.57. The van der Waals surface area contributed by atoms with Crippen LogP contribution < -0.4 is 0 Å². The molecule has 148 valence electrons. The second-order valence-corrected chi connectivity index (χ2v) is 7.40. The van der Waals surface area contributed by atoms with Crippen LogP contribution in [0.1, 0.15) is 5.56 Å². The van der Waals surface area contributed by atoms with Gasteiger partial charge in [-0.2, -0.15) is 5.26 Å². The molecule has 0 N–H and O–H groups in total. The number of halogens is 4. The Bertz CT molecular complexity index is 1710. The van der Waals surface area contributed by atoms with E-state index in [4.69, 9.17) is 5.26 Å². The maximum atomic E-state index is 14.7. The van der Waals surface area contributed by atoms with E-state index in [9.17, 15) is 17.6 Å². The van der Waals surface area contributed by atoms with Gasteiger partial charge in [-0.1, -0.05) is 48.5 Å². The first-order chi connectivity index (χ1) is 15.0. The molecule has 6 rings (SSSR count). The third-order valence-corrected chi connectivity index (χ3v) is 5.89. The van der Waals surface area contributed by atoms with Crippen LogP contribution in [0.3, 0.4) is 0 Å². The average molecular weight is 414 g/mol. The van der Waals surface area contributed by atoms with Gasteiger partial charge in [0.1, 0.15) is 11.6 Å². The normalized spacial score (nSPS) is 11.8. The van der Waals surface area contributed by atoms with E-state index in [1.54, 1.807) is 6.07 Å². The summed E-state index contributed by atoms with van der Waals surface area (Å²) in [6.07, 6.45) is 0. The summed E-state index contributed by atoms with van der Waals surface area (Å²) < 4.78 is 59.8. The first-order valence-electron chi connectivity index (χ1n) is 9.46. The Morgan fingerprint density at radius 3 is 1.94 bits per heavy atom. The third-order valence-electron chi connectivity index (χ3n) is 5.89. The smallest absolute Gasteiger partial charge is 0.180 e. The van der Waals surface area contributed by atoms with Crippen LogP contribution in [-0.2, 0) is 0 Å². The summed E-state index contributed by atoms with van der Waals surface area (Å²) in [5.74, 6) is -6.58. The van der Waals surface area contributed by atoms with Crippen molar-refractivity contribution >= 4 is 38.1 Å². The Kier molecular flexibility index (Phi) is 3.41. The standard InChI is InChI=1S/C25H10F4N2/c26-21-17(11-30)22(27)24(29)20(23(21)28)12-8-9-14-16-6-3-5-15-13-4-1-2-7-18(13)31(25(15)16)19(14)10-12/h1-10H. The minimum atomic E-state index is -1.70. The number of aromatic nitrogens is 1. The molecule has 2 aromatic heterocycles. The fourth-order valence-corrected chi connectivity index (χ4v) is 4.57. The zero-order valence-corrected chi connectivity index (χ0v) is 15.7. The quantitative estimate of drug-likeness (QED) is 0.212. The highest BCUT2D eigenvalue weighted by atomic mass is 19.2. The van der Waals surface area contributed by atoms with Crippen molar-refractivity contribution in [3.05, 3.63) is 89.5 Å². The van der Waals surface area contributed by atoms with Crippen molar-refractivity contribution < 1.29 is 17.6 Å². The zero-order valence-electron chi connectivity index (χ0n) is 15.7. The third kappa shape index (κ3) is 2.10. The molecule has 0 atom stereocenters. The summed E-state index contributed by atoms with van der Waals surface area (Å²) in [6, 6.07) is 19.5. The topological polar surface area (TPSA) is 28.2 Å². The predicted octanol–water partition coefficient (Wildman–Crippen LogP) is 6.93. The molecule has 0 saturated carbocycles. The Hall–Kier alpha value is -4.11. The molecule has 0 aliphatic rings. The number of benzene rings is 4. The molecule has 0 radical (unpaired) electrons. The minimum Gasteiger partial charge on any atom is -0.308 e. The van der Waals surface area contributed by atoms with Crippen molar-refractivity contribution in [3.8, 4) is 17.2 Å². The van der Waals surface area contributed by atoms with E-state index in [1.165, 1.54) is 18.2 Å². The van der Waals surface area contributed by atoms with Crippen LogP contribution in [-0.4, -0.2) is 4.40 Å². The predicted molar refractivity (Wildman–Crippen MR) is 111 cm³/mol. The number of para-hydroxylation sites is 2. The van der Waals surface area contributed by atoms with E-state index < -0.39 is 34.4 Å². The molecule has 0 bridgehead atoms. The van der Waals surface area contributed by atoms with Crippen molar-refractivity contribution in [3.63, 3.8) is 0 Å². The monoisotopic (exact) mass is 414 g/mol. The molecule has 0 amide bonds. The molecule has 4 aromatic carbocycles. The Morgan fingerprint density at radius 2 is 1.26 bits per heavy atom. The number of hydrogen-bond donors (Lipinski definition) is 0. The molecule has 2 nitrogen and oxygen atoms in total. The van der Waals surface area contributed by atoms with Crippen molar-refractivity contribution in [2.75, 3.05) is 0 Å². The van der Waals surface area contributed by atoms with E-state index >= 15 is 0 Å². The molecular weight excluding hydrogens is 404 g/mol. The van der Waals surface area contributed by atoms with Crippen LogP contribution in [0.2, 0.25) is 0 Å². The van der Waals surface area contributed by atoms with Crippen molar-refractivity contribution in [1.82, 2.24) is 4.40 Å². The maximum Gasteiger partial charge on any atom is 0.180 e. The lowest BCUT2D eigenvalue weighted by molar-refractivity contribution is 0.454. The Balaban J connectivity index is 1.77. The van der Waals surface area contributed by atoms with Gasteiger partial charge in [0.25, 0.3) is 0 Å². The van der Waals surface area contributed by atoms with Gasteiger partial charge in [0.15, 0.2) is 23.3 Å². The minimum absolute atomic E-state index is 0.0187. The summed E-state index contributed by atoms with van der Waals surface area (Å²) in [6.45, 7) is 0. The summed E-state index contributed by atoms with van der Waals surface area (Å²) in [5.41, 5.74) is 0.419. The summed E-state index contributed by atoms with van der Waals surface area (Å²) in [7, 11) is 0. The van der Waals surface area contributed by atoms with E-state index in [1.807, 2.05) is 46.9 Å². The highest BCUT2D eigenvalue weighted by Crippen LogP contribution is 2.41. The highest BCUT2D eigenvalue weighted by molar-refractivity contribution is 6.23. The van der Waals surface area contributed by atoms with Crippen LogP contribution in [0.5, 0.6) is 0 Å². The molecule has 0 spiro atoms. The molecule has 0 aliphatic heterocycles. The van der Waals surface area contributed by atoms with Gasteiger partial charge in [0.05, 0.1) is 22.1 Å². The van der Waals surface area contributed by atoms with Crippen LogP contribution in [0.4, 0.5) is 17.6 Å². The van der Waals surface area contributed by atoms with Crippen molar-refractivity contribution in [2.24, 2.45) is 0 Å². The first-order valence-corrected chi connectivity index (χ1v) is 9.46. The zero-order chi connectivity index (χ0) is 21.4. The number of rotatable bonds is 1. The van der Waals surface area contributed by atoms with E-state index in [0.717, 1.165) is 32.6 Å². The first kappa shape index (κ1) is 17.7. The maximum absolute atomic E-state index is 14.7. The number of fused-ring (bicyclic) bond motifs is 6. The molecule has 0 fully saturated rings. The van der Waals surface area contributed by atoms with Gasteiger partial charge < -0.3 is 4.40 Å². The van der Waals surface area contributed by atoms with Crippen molar-refractivity contribution in [2.45, 2.75) is 0 Å². The van der Waals surface area contributed by atoms with Crippen LogP contribution in [0.25, 0.3) is 49.2 Å². The average Bonchev–Trinajstić information content (AvgIpc) is 3.30. The van der Waals surface area contributed by atoms with E-state index in [2.05, 4.69) is 0 Å². The molecule has 0 aliphatic carbocycles. The Labute approximate surface area is 172 Å². The van der Waals surface area contributed by atoms with Crippen LogP contribution in [0, 0.1) is 34.6 Å². The number of nitrogens with zero attached hydrogens (tertiary/aromatic N) is 2. The SMILES string of the molecule is N#Cc1c(F)c(F)c(-c2ccc3c4cccc5c6ccccc6n(c3c2)c54)c(F)c1F. The number of nitriles is 1. The second kappa shape index (κ2) is 5.96. The van der Waals surface area contributed by atoms with Gasteiger partial charge in [-0.15, -0.1) is 0 Å².